The maximum absolute atomic E-state index is 12.8. The monoisotopic (exact) mass is 348 g/mol. The maximum Gasteiger partial charge on any atom is 0.224 e. The van der Waals surface area contributed by atoms with E-state index in [4.69, 9.17) is 0 Å². The SMILES string of the molecule is C[C@H](NC(=O)Cc1cccc2cccnc12)C12CC3CC(CC(C3)C1)C2. The lowest BCUT2D eigenvalue weighted by atomic mass is 9.48. The number of fused-ring (bicyclic) bond motifs is 1. The second-order valence-electron chi connectivity index (χ2n) is 9.24. The van der Waals surface area contributed by atoms with E-state index in [2.05, 4.69) is 29.4 Å². The number of aromatic nitrogens is 1. The minimum absolute atomic E-state index is 0.145. The first-order valence-corrected chi connectivity index (χ1v) is 10.2. The zero-order valence-corrected chi connectivity index (χ0v) is 15.6. The zero-order valence-electron chi connectivity index (χ0n) is 15.6. The molecule has 1 heterocycles. The van der Waals surface area contributed by atoms with Crippen LogP contribution in [0.1, 0.15) is 51.0 Å². The first kappa shape index (κ1) is 16.3. The molecule has 3 nitrogen and oxygen atoms in total. The van der Waals surface area contributed by atoms with Crippen LogP contribution in [0.4, 0.5) is 0 Å². The number of benzene rings is 1. The summed E-state index contributed by atoms with van der Waals surface area (Å²) in [7, 11) is 0. The van der Waals surface area contributed by atoms with Crippen molar-refractivity contribution in [3.8, 4) is 0 Å². The summed E-state index contributed by atoms with van der Waals surface area (Å²) in [6.07, 6.45) is 10.6. The average molecular weight is 348 g/mol. The van der Waals surface area contributed by atoms with Gasteiger partial charge < -0.3 is 5.32 Å². The lowest BCUT2D eigenvalue weighted by Gasteiger charge is -2.59. The Hall–Kier alpha value is -1.90. The van der Waals surface area contributed by atoms with E-state index in [1.165, 1.54) is 38.5 Å². The van der Waals surface area contributed by atoms with Crippen LogP contribution in [0, 0.1) is 23.2 Å². The molecular formula is C23H28N2O. The Labute approximate surface area is 155 Å². The molecular weight excluding hydrogens is 320 g/mol. The molecule has 0 aliphatic heterocycles. The topological polar surface area (TPSA) is 42.0 Å². The van der Waals surface area contributed by atoms with Gasteiger partial charge in [0.2, 0.25) is 5.91 Å². The van der Waals surface area contributed by atoms with Crippen LogP contribution < -0.4 is 5.32 Å². The van der Waals surface area contributed by atoms with Gasteiger partial charge in [-0.3, -0.25) is 9.78 Å². The Kier molecular flexibility index (Phi) is 3.80. The predicted molar refractivity (Wildman–Crippen MR) is 104 cm³/mol. The molecule has 0 saturated heterocycles. The highest BCUT2D eigenvalue weighted by Crippen LogP contribution is 2.61. The van der Waals surface area contributed by atoms with Gasteiger partial charge >= 0.3 is 0 Å². The van der Waals surface area contributed by atoms with Gasteiger partial charge in [-0.2, -0.15) is 0 Å². The molecule has 2 aromatic rings. The smallest absolute Gasteiger partial charge is 0.224 e. The number of hydrogen-bond acceptors (Lipinski definition) is 2. The number of carbonyl (C=O) groups is 1. The zero-order chi connectivity index (χ0) is 17.7. The van der Waals surface area contributed by atoms with Gasteiger partial charge in [-0.05, 0) is 80.2 Å². The molecule has 4 saturated carbocycles. The highest BCUT2D eigenvalue weighted by atomic mass is 16.1. The second-order valence-corrected chi connectivity index (χ2v) is 9.24. The van der Waals surface area contributed by atoms with Crippen molar-refractivity contribution >= 4 is 16.8 Å². The molecule has 1 aromatic carbocycles. The predicted octanol–water partition coefficient (Wildman–Crippen LogP) is 4.50. The number of para-hydroxylation sites is 1. The second kappa shape index (κ2) is 6.07. The van der Waals surface area contributed by atoms with E-state index >= 15 is 0 Å². The van der Waals surface area contributed by atoms with Gasteiger partial charge in [-0.15, -0.1) is 0 Å². The van der Waals surface area contributed by atoms with E-state index in [0.717, 1.165) is 34.2 Å². The van der Waals surface area contributed by atoms with Crippen LogP contribution in [-0.4, -0.2) is 16.9 Å². The van der Waals surface area contributed by atoms with Crippen molar-refractivity contribution in [1.82, 2.24) is 10.3 Å². The highest BCUT2D eigenvalue weighted by Gasteiger charge is 2.53. The van der Waals surface area contributed by atoms with Crippen molar-refractivity contribution in [1.29, 1.82) is 0 Å². The fourth-order valence-electron chi connectivity index (χ4n) is 6.64. The van der Waals surface area contributed by atoms with E-state index in [1.807, 2.05) is 24.4 Å². The van der Waals surface area contributed by atoms with Crippen LogP contribution in [0.25, 0.3) is 10.9 Å². The number of rotatable bonds is 4. The minimum Gasteiger partial charge on any atom is -0.353 e. The Bertz CT molecular complexity index is 802. The Balaban J connectivity index is 1.31. The highest BCUT2D eigenvalue weighted by molar-refractivity contribution is 5.87. The van der Waals surface area contributed by atoms with E-state index in [9.17, 15) is 4.79 Å². The van der Waals surface area contributed by atoms with Crippen molar-refractivity contribution in [2.75, 3.05) is 0 Å². The first-order valence-electron chi connectivity index (χ1n) is 10.2. The van der Waals surface area contributed by atoms with Crippen molar-refractivity contribution in [2.45, 2.75) is 57.9 Å². The van der Waals surface area contributed by atoms with Crippen LogP contribution in [0.2, 0.25) is 0 Å². The molecule has 1 N–H and O–H groups in total. The van der Waals surface area contributed by atoms with Gasteiger partial charge in [0, 0.05) is 17.6 Å². The number of nitrogens with zero attached hydrogens (tertiary/aromatic N) is 1. The normalized spacial score (nSPS) is 33.3. The van der Waals surface area contributed by atoms with Crippen LogP contribution in [-0.2, 0) is 11.2 Å². The number of pyridine rings is 1. The molecule has 4 aliphatic carbocycles. The third-order valence-electron chi connectivity index (χ3n) is 7.45. The minimum atomic E-state index is 0.145. The van der Waals surface area contributed by atoms with Crippen molar-refractivity contribution < 1.29 is 4.79 Å². The Morgan fingerprint density at radius 1 is 1.12 bits per heavy atom. The quantitative estimate of drug-likeness (QED) is 0.884. The van der Waals surface area contributed by atoms with Crippen LogP contribution in [0.15, 0.2) is 36.5 Å². The molecule has 3 heteroatoms. The summed E-state index contributed by atoms with van der Waals surface area (Å²) >= 11 is 0. The lowest BCUT2D eigenvalue weighted by Crippen LogP contribution is -2.56. The molecule has 0 spiro atoms. The van der Waals surface area contributed by atoms with Crippen molar-refractivity contribution in [3.05, 3.63) is 42.1 Å². The maximum atomic E-state index is 12.8. The molecule has 0 radical (unpaired) electrons. The molecule has 136 valence electrons. The standard InChI is InChI=1S/C23H28N2O/c1-15(23-12-16-8-17(13-23)10-18(9-16)14-23)25-21(26)11-20-5-2-4-19-6-3-7-24-22(19)20/h2-7,15-18H,8-14H2,1H3,(H,25,26)/t15-,16?,17?,18?,23?/m0/s1. The van der Waals surface area contributed by atoms with Gasteiger partial charge in [-0.1, -0.05) is 24.3 Å². The third-order valence-corrected chi connectivity index (χ3v) is 7.45. The van der Waals surface area contributed by atoms with Crippen LogP contribution in [0.5, 0.6) is 0 Å². The summed E-state index contributed by atoms with van der Waals surface area (Å²) in [5.41, 5.74) is 2.34. The van der Waals surface area contributed by atoms with E-state index < -0.39 is 0 Å². The Morgan fingerprint density at radius 3 is 2.46 bits per heavy atom. The molecule has 4 aliphatic rings. The molecule has 1 atom stereocenters. The molecule has 4 bridgehead atoms. The van der Waals surface area contributed by atoms with Crippen molar-refractivity contribution in [2.24, 2.45) is 23.2 Å². The molecule has 4 fully saturated rings. The van der Waals surface area contributed by atoms with Gasteiger partial charge in [0.15, 0.2) is 0 Å². The third kappa shape index (κ3) is 2.72. The molecule has 0 unspecified atom stereocenters. The van der Waals surface area contributed by atoms with Crippen LogP contribution in [0.3, 0.4) is 0 Å². The Morgan fingerprint density at radius 2 is 1.77 bits per heavy atom. The molecule has 1 amide bonds. The number of nitrogens with one attached hydrogen (secondary N) is 1. The van der Waals surface area contributed by atoms with Gasteiger partial charge in [0.05, 0.1) is 11.9 Å². The van der Waals surface area contributed by atoms with Crippen LogP contribution >= 0.6 is 0 Å². The van der Waals surface area contributed by atoms with Gasteiger partial charge in [0.25, 0.3) is 0 Å². The van der Waals surface area contributed by atoms with E-state index in [-0.39, 0.29) is 11.9 Å². The summed E-state index contributed by atoms with van der Waals surface area (Å²) in [5, 5.41) is 4.49. The summed E-state index contributed by atoms with van der Waals surface area (Å²) in [6, 6.07) is 10.4. The van der Waals surface area contributed by atoms with E-state index in [0.29, 0.717) is 11.8 Å². The lowest BCUT2D eigenvalue weighted by molar-refractivity contribution is -0.125. The fourth-order valence-corrected chi connectivity index (χ4v) is 6.64. The van der Waals surface area contributed by atoms with Gasteiger partial charge in [0.1, 0.15) is 0 Å². The first-order chi connectivity index (χ1) is 12.6. The number of amides is 1. The molecule has 1 aromatic heterocycles. The molecule has 26 heavy (non-hydrogen) atoms. The summed E-state index contributed by atoms with van der Waals surface area (Å²) in [4.78, 5) is 17.3. The summed E-state index contributed by atoms with van der Waals surface area (Å²) < 4.78 is 0. The molecule has 6 rings (SSSR count). The van der Waals surface area contributed by atoms with E-state index in [1.54, 1.807) is 0 Å². The largest absolute Gasteiger partial charge is 0.353 e. The fraction of sp³-hybridized carbons (Fsp3) is 0.565. The van der Waals surface area contributed by atoms with Crippen molar-refractivity contribution in [3.63, 3.8) is 0 Å². The number of hydrogen-bond donors (Lipinski definition) is 1. The number of carbonyl (C=O) groups excluding carboxylic acids is 1. The summed E-state index contributed by atoms with van der Waals surface area (Å²) in [5.74, 6) is 2.90. The average Bonchev–Trinajstić information content (AvgIpc) is 2.61. The van der Waals surface area contributed by atoms with Gasteiger partial charge in [-0.25, -0.2) is 0 Å². The summed E-state index contributed by atoms with van der Waals surface area (Å²) in [6.45, 7) is 2.26.